The van der Waals surface area contributed by atoms with E-state index in [1.54, 1.807) is 22.7 Å². The lowest BCUT2D eigenvalue weighted by Crippen LogP contribution is -2.53. The molecule has 35 heavy (non-hydrogen) atoms. The van der Waals surface area contributed by atoms with Crippen LogP contribution in [0.2, 0.25) is 0 Å². The molecule has 2 aromatic heterocycles. The van der Waals surface area contributed by atoms with E-state index in [2.05, 4.69) is 20.4 Å². The third-order valence-electron chi connectivity index (χ3n) is 5.70. The monoisotopic (exact) mass is 488 g/mol. The SMILES string of the molecule is COc1cc(C)c(F)c(COc2cnc(Nc3cc(CCC(=O)N4CC(O)C4)n(C)n3)nc2)c1F. The molecule has 186 valence electrons. The Kier molecular flexibility index (Phi) is 7.10. The van der Waals surface area contributed by atoms with Crippen LogP contribution in [0, 0.1) is 18.6 Å². The molecule has 2 N–H and O–H groups in total. The molecular formula is C23H26F2N6O4. The molecule has 0 atom stereocenters. The van der Waals surface area contributed by atoms with Crippen LogP contribution in [-0.4, -0.2) is 62.0 Å². The number of ether oxygens (including phenoxy) is 2. The van der Waals surface area contributed by atoms with Gasteiger partial charge in [0.05, 0.1) is 31.2 Å². The lowest BCUT2D eigenvalue weighted by Gasteiger charge is -2.35. The average molecular weight is 488 g/mol. The molecule has 12 heteroatoms. The molecule has 0 spiro atoms. The number of nitrogens with one attached hydrogen (secondary N) is 1. The molecule has 3 aromatic rings. The highest BCUT2D eigenvalue weighted by Gasteiger charge is 2.28. The summed E-state index contributed by atoms with van der Waals surface area (Å²) in [7, 11) is 3.08. The molecule has 1 saturated heterocycles. The molecule has 10 nitrogen and oxygen atoms in total. The van der Waals surface area contributed by atoms with Crippen molar-refractivity contribution in [3.63, 3.8) is 0 Å². The zero-order valence-corrected chi connectivity index (χ0v) is 19.6. The van der Waals surface area contributed by atoms with Crippen LogP contribution in [0.4, 0.5) is 20.5 Å². The molecule has 1 aliphatic rings. The molecule has 0 aliphatic carbocycles. The highest BCUT2D eigenvalue weighted by Crippen LogP contribution is 2.27. The van der Waals surface area contributed by atoms with Gasteiger partial charge in [-0.15, -0.1) is 0 Å². The van der Waals surface area contributed by atoms with Gasteiger partial charge in [-0.2, -0.15) is 5.10 Å². The minimum atomic E-state index is -0.815. The van der Waals surface area contributed by atoms with E-state index in [1.165, 1.54) is 32.5 Å². The number of hydrogen-bond donors (Lipinski definition) is 2. The van der Waals surface area contributed by atoms with Crippen LogP contribution in [0.1, 0.15) is 23.2 Å². The van der Waals surface area contributed by atoms with Crippen LogP contribution in [0.15, 0.2) is 24.5 Å². The third-order valence-corrected chi connectivity index (χ3v) is 5.70. The number of aryl methyl sites for hydroxylation is 3. The first-order chi connectivity index (χ1) is 16.7. The van der Waals surface area contributed by atoms with Crippen molar-refractivity contribution < 1.29 is 28.2 Å². The fraction of sp³-hybridized carbons (Fsp3) is 0.391. The van der Waals surface area contributed by atoms with Gasteiger partial charge in [0, 0.05) is 38.3 Å². The lowest BCUT2D eigenvalue weighted by atomic mass is 10.1. The number of benzene rings is 1. The maximum atomic E-state index is 14.4. The summed E-state index contributed by atoms with van der Waals surface area (Å²) in [5.74, 6) is -0.597. The zero-order valence-electron chi connectivity index (χ0n) is 19.6. The number of hydrogen-bond acceptors (Lipinski definition) is 8. The maximum Gasteiger partial charge on any atom is 0.228 e. The Morgan fingerprint density at radius 2 is 1.94 bits per heavy atom. The fourth-order valence-electron chi connectivity index (χ4n) is 3.66. The first-order valence-electron chi connectivity index (χ1n) is 11.0. The number of halogens is 2. The average Bonchev–Trinajstić information content (AvgIpc) is 3.17. The second kappa shape index (κ2) is 10.2. The van der Waals surface area contributed by atoms with Gasteiger partial charge >= 0.3 is 0 Å². The van der Waals surface area contributed by atoms with Crippen LogP contribution < -0.4 is 14.8 Å². The molecule has 1 aliphatic heterocycles. The van der Waals surface area contributed by atoms with Gasteiger partial charge in [-0.1, -0.05) is 0 Å². The van der Waals surface area contributed by atoms with Gasteiger partial charge < -0.3 is 24.8 Å². The van der Waals surface area contributed by atoms with E-state index in [1.807, 2.05) is 0 Å². The van der Waals surface area contributed by atoms with E-state index >= 15 is 0 Å². The van der Waals surface area contributed by atoms with Crippen LogP contribution in [0.25, 0.3) is 0 Å². The van der Waals surface area contributed by atoms with Crippen LogP contribution in [0.5, 0.6) is 11.5 Å². The molecule has 4 rings (SSSR count). The van der Waals surface area contributed by atoms with E-state index in [4.69, 9.17) is 9.47 Å². The number of carbonyl (C=O) groups is 1. The summed E-state index contributed by atoms with van der Waals surface area (Å²) in [4.78, 5) is 22.0. The van der Waals surface area contributed by atoms with Crippen molar-refractivity contribution >= 4 is 17.7 Å². The molecule has 0 unspecified atom stereocenters. The Balaban J connectivity index is 1.33. The molecule has 1 amide bonds. The first kappa shape index (κ1) is 24.3. The van der Waals surface area contributed by atoms with Crippen molar-refractivity contribution in [1.82, 2.24) is 24.6 Å². The Bertz CT molecular complexity index is 1210. The van der Waals surface area contributed by atoms with E-state index < -0.39 is 17.7 Å². The number of β-amino-alcohol motifs (C(OH)–C–C–N with tert-alkyl or cyclic N) is 1. The number of aliphatic hydroxyl groups is 1. The normalized spacial score (nSPS) is 13.5. The van der Waals surface area contributed by atoms with Gasteiger partial charge in [-0.05, 0) is 25.0 Å². The Morgan fingerprint density at radius 3 is 2.60 bits per heavy atom. The van der Waals surface area contributed by atoms with Crippen molar-refractivity contribution in [2.75, 3.05) is 25.5 Å². The number of methoxy groups -OCH3 is 1. The van der Waals surface area contributed by atoms with Gasteiger partial charge in [0.15, 0.2) is 23.1 Å². The number of aromatic nitrogens is 4. The summed E-state index contributed by atoms with van der Waals surface area (Å²) in [6, 6.07) is 3.08. The standard InChI is InChI=1S/C23H26F2N6O4/c1-13-6-18(34-3)22(25)17(21(13)24)12-35-16-8-26-23(27-9-16)28-19-7-14(30(2)29-19)4-5-20(33)31-10-15(32)11-31/h6-9,15,32H,4-5,10-12H2,1-3H3,(H,26,27,28,29). The van der Waals surface area contributed by atoms with Gasteiger partial charge in [0.25, 0.3) is 0 Å². The van der Waals surface area contributed by atoms with E-state index in [0.29, 0.717) is 31.7 Å². The van der Waals surface area contributed by atoms with Crippen molar-refractivity contribution in [3.8, 4) is 11.5 Å². The number of aliphatic hydroxyl groups excluding tert-OH is 1. The fourth-order valence-corrected chi connectivity index (χ4v) is 3.66. The van der Waals surface area contributed by atoms with Gasteiger partial charge in [0.1, 0.15) is 12.4 Å². The van der Waals surface area contributed by atoms with Crippen molar-refractivity contribution in [3.05, 3.63) is 53.0 Å². The zero-order chi connectivity index (χ0) is 25.1. The van der Waals surface area contributed by atoms with Gasteiger partial charge in [0.2, 0.25) is 11.9 Å². The number of likely N-dealkylation sites (tertiary alicyclic amines) is 1. The van der Waals surface area contributed by atoms with Crippen LogP contribution in [-0.2, 0) is 24.9 Å². The quantitative estimate of drug-likeness (QED) is 0.472. The maximum absolute atomic E-state index is 14.4. The molecular weight excluding hydrogens is 462 g/mol. The summed E-state index contributed by atoms with van der Waals surface area (Å²) in [5.41, 5.74) is 0.851. The minimum Gasteiger partial charge on any atom is -0.494 e. The van der Waals surface area contributed by atoms with Crippen molar-refractivity contribution in [2.45, 2.75) is 32.5 Å². The number of nitrogens with zero attached hydrogens (tertiary/aromatic N) is 5. The molecule has 1 fully saturated rings. The summed E-state index contributed by atoms with van der Waals surface area (Å²) in [6.07, 6.45) is 3.16. The highest BCUT2D eigenvalue weighted by atomic mass is 19.1. The Hall–Kier alpha value is -3.80. The smallest absolute Gasteiger partial charge is 0.228 e. The number of carbonyl (C=O) groups excluding carboxylic acids is 1. The topological polar surface area (TPSA) is 115 Å². The van der Waals surface area contributed by atoms with Crippen molar-refractivity contribution in [2.24, 2.45) is 7.05 Å². The van der Waals surface area contributed by atoms with Crippen LogP contribution in [0.3, 0.4) is 0 Å². The summed E-state index contributed by atoms with van der Waals surface area (Å²) in [6.45, 7) is 1.93. The molecule has 0 radical (unpaired) electrons. The summed E-state index contributed by atoms with van der Waals surface area (Å²) >= 11 is 0. The predicted molar refractivity (Wildman–Crippen MR) is 121 cm³/mol. The minimum absolute atomic E-state index is 0.00574. The van der Waals surface area contributed by atoms with Gasteiger partial charge in [-0.3, -0.25) is 9.48 Å². The van der Waals surface area contributed by atoms with E-state index in [0.717, 1.165) is 5.69 Å². The molecule has 1 aromatic carbocycles. The van der Waals surface area contributed by atoms with E-state index in [-0.39, 0.29) is 41.1 Å². The molecule has 0 saturated carbocycles. The Morgan fingerprint density at radius 1 is 1.23 bits per heavy atom. The third kappa shape index (κ3) is 5.48. The van der Waals surface area contributed by atoms with Gasteiger partial charge in [-0.25, -0.2) is 18.7 Å². The number of amides is 1. The highest BCUT2D eigenvalue weighted by molar-refractivity contribution is 5.77. The summed E-state index contributed by atoms with van der Waals surface area (Å²) in [5, 5.41) is 16.6. The summed E-state index contributed by atoms with van der Waals surface area (Å²) < 4.78 is 40.8. The second-order valence-corrected chi connectivity index (χ2v) is 8.26. The largest absolute Gasteiger partial charge is 0.494 e. The number of anilines is 2. The molecule has 3 heterocycles. The number of rotatable bonds is 9. The predicted octanol–water partition coefficient (Wildman–Crippen LogP) is 2.26. The lowest BCUT2D eigenvalue weighted by molar-refractivity contribution is -0.141. The molecule has 0 bridgehead atoms. The second-order valence-electron chi connectivity index (χ2n) is 8.26. The van der Waals surface area contributed by atoms with Crippen LogP contribution >= 0.6 is 0 Å². The van der Waals surface area contributed by atoms with Crippen molar-refractivity contribution in [1.29, 1.82) is 0 Å². The first-order valence-corrected chi connectivity index (χ1v) is 11.0. The Labute approximate surface area is 200 Å². The van der Waals surface area contributed by atoms with E-state index in [9.17, 15) is 18.7 Å².